The predicted octanol–water partition coefficient (Wildman–Crippen LogP) is 2.75. The van der Waals surface area contributed by atoms with E-state index in [1.54, 1.807) is 18.5 Å². The Hall–Kier alpha value is -2.50. The van der Waals surface area contributed by atoms with Gasteiger partial charge in [-0.1, -0.05) is 19.9 Å². The largest absolute Gasteiger partial charge is 0.366 e. The minimum Gasteiger partial charge on any atom is -0.366 e. The van der Waals surface area contributed by atoms with Gasteiger partial charge in [-0.05, 0) is 24.5 Å². The maximum absolute atomic E-state index is 12.5. The van der Waals surface area contributed by atoms with E-state index in [1.165, 1.54) is 6.33 Å². The number of amides is 1. The van der Waals surface area contributed by atoms with Crippen LogP contribution in [0.5, 0.6) is 0 Å². The van der Waals surface area contributed by atoms with Crippen LogP contribution in [-0.2, 0) is 6.54 Å². The topological polar surface area (TPSA) is 71.0 Å². The van der Waals surface area contributed by atoms with Gasteiger partial charge in [-0.3, -0.25) is 9.78 Å². The molecule has 1 N–H and O–H groups in total. The molecule has 0 bridgehead atoms. The number of rotatable bonds is 8. The first kappa shape index (κ1) is 16.9. The van der Waals surface area contributed by atoms with Gasteiger partial charge < -0.3 is 10.2 Å². The normalized spacial score (nSPS) is 10.3. The fraction of sp³-hybridized carbons (Fsp3) is 0.412. The van der Waals surface area contributed by atoms with Crippen molar-refractivity contribution in [2.45, 2.75) is 33.2 Å². The number of nitrogens with one attached hydrogen (secondary N) is 1. The van der Waals surface area contributed by atoms with Crippen molar-refractivity contribution >= 4 is 11.7 Å². The first-order valence-corrected chi connectivity index (χ1v) is 7.98. The lowest BCUT2D eigenvalue weighted by Crippen LogP contribution is -2.33. The highest BCUT2D eigenvalue weighted by Gasteiger charge is 2.16. The second-order valence-corrected chi connectivity index (χ2v) is 5.30. The highest BCUT2D eigenvalue weighted by Crippen LogP contribution is 2.09. The lowest BCUT2D eigenvalue weighted by Gasteiger charge is -2.21. The first-order chi connectivity index (χ1) is 11.2. The van der Waals surface area contributed by atoms with Crippen molar-refractivity contribution in [3.05, 3.63) is 48.2 Å². The Morgan fingerprint density at radius 2 is 2.00 bits per heavy atom. The molecular weight excluding hydrogens is 290 g/mol. The zero-order valence-electron chi connectivity index (χ0n) is 13.7. The van der Waals surface area contributed by atoms with Crippen LogP contribution in [0.15, 0.2) is 36.9 Å². The van der Waals surface area contributed by atoms with Crippen LogP contribution in [0.25, 0.3) is 0 Å². The molecule has 6 heteroatoms. The van der Waals surface area contributed by atoms with Crippen molar-refractivity contribution in [1.29, 1.82) is 0 Å². The van der Waals surface area contributed by atoms with Crippen molar-refractivity contribution in [3.63, 3.8) is 0 Å². The van der Waals surface area contributed by atoms with Crippen LogP contribution in [-0.4, -0.2) is 38.8 Å². The maximum atomic E-state index is 12.5. The van der Waals surface area contributed by atoms with Gasteiger partial charge in [0.05, 0.1) is 0 Å². The molecule has 2 heterocycles. The summed E-state index contributed by atoms with van der Waals surface area (Å²) in [5.74, 6) is 0.598. The van der Waals surface area contributed by atoms with Crippen LogP contribution in [0.1, 0.15) is 42.7 Å². The van der Waals surface area contributed by atoms with Crippen molar-refractivity contribution < 1.29 is 4.79 Å². The second kappa shape index (κ2) is 8.82. The SMILES string of the molecule is CCCN(CCC)C(=O)c1cc(NCc2cccnc2)ncn1. The average Bonchev–Trinajstić information content (AvgIpc) is 2.60. The van der Waals surface area contributed by atoms with Crippen molar-refractivity contribution in [3.8, 4) is 0 Å². The van der Waals surface area contributed by atoms with Crippen LogP contribution in [0.4, 0.5) is 5.82 Å². The second-order valence-electron chi connectivity index (χ2n) is 5.30. The van der Waals surface area contributed by atoms with Crippen molar-refractivity contribution in [2.75, 3.05) is 18.4 Å². The van der Waals surface area contributed by atoms with Gasteiger partial charge in [-0.25, -0.2) is 9.97 Å². The molecule has 0 atom stereocenters. The molecule has 0 unspecified atom stereocenters. The highest BCUT2D eigenvalue weighted by atomic mass is 16.2. The van der Waals surface area contributed by atoms with Gasteiger partial charge in [-0.15, -0.1) is 0 Å². The van der Waals surface area contributed by atoms with E-state index >= 15 is 0 Å². The summed E-state index contributed by atoms with van der Waals surface area (Å²) >= 11 is 0. The molecule has 2 rings (SSSR count). The van der Waals surface area contributed by atoms with E-state index in [4.69, 9.17) is 0 Å². The van der Waals surface area contributed by atoms with Crippen molar-refractivity contribution in [2.24, 2.45) is 0 Å². The third-order valence-electron chi connectivity index (χ3n) is 3.36. The number of nitrogens with zero attached hydrogens (tertiary/aromatic N) is 4. The van der Waals surface area contributed by atoms with Crippen LogP contribution in [0.2, 0.25) is 0 Å². The number of carbonyl (C=O) groups is 1. The number of hydrogen-bond donors (Lipinski definition) is 1. The number of anilines is 1. The van der Waals surface area contributed by atoms with E-state index in [1.807, 2.05) is 17.0 Å². The van der Waals surface area contributed by atoms with Gasteiger partial charge in [0.1, 0.15) is 17.8 Å². The van der Waals surface area contributed by atoms with E-state index < -0.39 is 0 Å². The van der Waals surface area contributed by atoms with Gasteiger partial charge >= 0.3 is 0 Å². The van der Waals surface area contributed by atoms with Crippen LogP contribution < -0.4 is 5.32 Å². The molecule has 0 aromatic carbocycles. The molecule has 0 saturated carbocycles. The summed E-state index contributed by atoms with van der Waals surface area (Å²) in [6.07, 6.45) is 6.83. The van der Waals surface area contributed by atoms with Gasteiger partial charge in [0.2, 0.25) is 0 Å². The summed E-state index contributed by atoms with van der Waals surface area (Å²) in [6.45, 7) is 6.23. The van der Waals surface area contributed by atoms with Crippen LogP contribution >= 0.6 is 0 Å². The van der Waals surface area contributed by atoms with Gasteiger partial charge in [0, 0.05) is 38.1 Å². The van der Waals surface area contributed by atoms with E-state index in [-0.39, 0.29) is 5.91 Å². The Balaban J connectivity index is 2.04. The molecule has 0 aliphatic carbocycles. The first-order valence-electron chi connectivity index (χ1n) is 7.98. The average molecular weight is 313 g/mol. The molecule has 0 saturated heterocycles. The van der Waals surface area contributed by atoms with E-state index in [2.05, 4.69) is 34.1 Å². The van der Waals surface area contributed by atoms with Crippen LogP contribution in [0, 0.1) is 0 Å². The number of aromatic nitrogens is 3. The lowest BCUT2D eigenvalue weighted by molar-refractivity contribution is 0.0749. The minimum absolute atomic E-state index is 0.0412. The standard InChI is InChI=1S/C17H23N5O/c1-3-8-22(9-4-2)17(23)15-10-16(21-13-20-15)19-12-14-6-5-7-18-11-14/h5-7,10-11,13H,3-4,8-9,12H2,1-2H3,(H,19,20,21). The van der Waals surface area contributed by atoms with Gasteiger partial charge in [0.25, 0.3) is 5.91 Å². The molecule has 0 spiro atoms. The zero-order valence-corrected chi connectivity index (χ0v) is 13.7. The highest BCUT2D eigenvalue weighted by molar-refractivity contribution is 5.92. The molecule has 2 aromatic rings. The van der Waals surface area contributed by atoms with Crippen LogP contribution in [0.3, 0.4) is 0 Å². The predicted molar refractivity (Wildman–Crippen MR) is 90.1 cm³/mol. The van der Waals surface area contributed by atoms with Gasteiger partial charge in [0.15, 0.2) is 0 Å². The number of pyridine rings is 1. The molecule has 6 nitrogen and oxygen atoms in total. The smallest absolute Gasteiger partial charge is 0.272 e. The molecule has 1 amide bonds. The quantitative estimate of drug-likeness (QED) is 0.811. The molecule has 0 fully saturated rings. The Kier molecular flexibility index (Phi) is 6.47. The van der Waals surface area contributed by atoms with E-state index in [9.17, 15) is 4.79 Å². The fourth-order valence-electron chi connectivity index (χ4n) is 2.28. The summed E-state index contributed by atoms with van der Waals surface area (Å²) in [5, 5.41) is 3.20. The Morgan fingerprint density at radius 1 is 1.22 bits per heavy atom. The molecular formula is C17H23N5O. The third kappa shape index (κ3) is 5.02. The van der Waals surface area contributed by atoms with Crippen molar-refractivity contribution in [1.82, 2.24) is 19.9 Å². The Labute approximate surface area is 137 Å². The summed E-state index contributed by atoms with van der Waals surface area (Å²) < 4.78 is 0. The molecule has 0 aliphatic heterocycles. The van der Waals surface area contributed by atoms with E-state index in [0.29, 0.717) is 18.1 Å². The molecule has 122 valence electrons. The maximum Gasteiger partial charge on any atom is 0.272 e. The summed E-state index contributed by atoms with van der Waals surface area (Å²) in [6, 6.07) is 5.58. The lowest BCUT2D eigenvalue weighted by atomic mass is 10.2. The third-order valence-corrected chi connectivity index (χ3v) is 3.36. The minimum atomic E-state index is -0.0412. The molecule has 0 radical (unpaired) electrons. The monoisotopic (exact) mass is 313 g/mol. The van der Waals surface area contributed by atoms with Gasteiger partial charge in [-0.2, -0.15) is 0 Å². The molecule has 0 aliphatic rings. The summed E-state index contributed by atoms with van der Waals surface area (Å²) in [4.78, 5) is 26.8. The molecule has 2 aromatic heterocycles. The zero-order chi connectivity index (χ0) is 16.5. The summed E-state index contributed by atoms with van der Waals surface area (Å²) in [5.41, 5.74) is 1.48. The molecule has 23 heavy (non-hydrogen) atoms. The Morgan fingerprint density at radius 3 is 2.65 bits per heavy atom. The van der Waals surface area contributed by atoms with E-state index in [0.717, 1.165) is 31.5 Å². The Bertz CT molecular complexity index is 611. The summed E-state index contributed by atoms with van der Waals surface area (Å²) in [7, 11) is 0. The fourth-order valence-corrected chi connectivity index (χ4v) is 2.28. The number of carbonyl (C=O) groups excluding carboxylic acids is 1. The number of hydrogen-bond acceptors (Lipinski definition) is 5.